The number of aryl methyl sites for hydroxylation is 1. The normalized spacial score (nSPS) is 10.7. The molecule has 2 aromatic heterocycles. The minimum atomic E-state index is -0.819. The Hall–Kier alpha value is -3.79. The first kappa shape index (κ1) is 20.0. The van der Waals surface area contributed by atoms with Crippen molar-refractivity contribution < 1.29 is 19.6 Å². The lowest BCUT2D eigenvalue weighted by atomic mass is 10.1. The summed E-state index contributed by atoms with van der Waals surface area (Å²) < 4.78 is 6.63. The molecule has 10 nitrogen and oxygen atoms in total. The number of carbonyl (C=O) groups is 1. The second-order valence-corrected chi connectivity index (χ2v) is 6.18. The van der Waals surface area contributed by atoms with Gasteiger partial charge in [0.2, 0.25) is 0 Å². The number of hydrogen-bond donors (Lipinski definition) is 2. The van der Waals surface area contributed by atoms with Gasteiger partial charge in [-0.15, -0.1) is 0 Å². The third-order valence-electron chi connectivity index (χ3n) is 4.15. The van der Waals surface area contributed by atoms with Crippen LogP contribution < -0.4 is 10.9 Å². The summed E-state index contributed by atoms with van der Waals surface area (Å²) in [6.45, 7) is 1.50. The van der Waals surface area contributed by atoms with Crippen LogP contribution in [0, 0.1) is 17.0 Å². The van der Waals surface area contributed by atoms with Crippen LogP contribution >= 0.6 is 0 Å². The minimum absolute atomic E-state index is 0.0543. The molecule has 2 heterocycles. The third-order valence-corrected chi connectivity index (χ3v) is 4.15. The molecule has 0 aliphatic heterocycles. The Balaban J connectivity index is 1.86. The van der Waals surface area contributed by atoms with E-state index in [0.717, 1.165) is 11.6 Å². The van der Waals surface area contributed by atoms with Gasteiger partial charge in [-0.2, -0.15) is 0 Å². The van der Waals surface area contributed by atoms with Crippen molar-refractivity contribution in [1.82, 2.24) is 9.38 Å². The number of aliphatic hydroxyl groups is 1. The van der Waals surface area contributed by atoms with Crippen LogP contribution in [-0.4, -0.2) is 38.5 Å². The molecule has 0 saturated carbocycles. The monoisotopic (exact) mass is 398 g/mol. The molecule has 0 atom stereocenters. The Labute approximate surface area is 164 Å². The van der Waals surface area contributed by atoms with Crippen LogP contribution in [0.1, 0.15) is 21.6 Å². The van der Waals surface area contributed by atoms with E-state index in [1.165, 1.54) is 22.6 Å². The van der Waals surface area contributed by atoms with Gasteiger partial charge in [-0.05, 0) is 24.6 Å². The highest BCUT2D eigenvalue weighted by Gasteiger charge is 2.18. The SMILES string of the molecule is Cc1cccn2c(=O)cc(COC(=O)c3cc([N+](=O)[O-])ccc3NCCO)nc12. The number of aromatic nitrogens is 2. The molecule has 0 radical (unpaired) electrons. The molecule has 10 heteroatoms. The Morgan fingerprint density at radius 3 is 2.86 bits per heavy atom. The predicted octanol–water partition coefficient (Wildman–Crippen LogP) is 1.67. The van der Waals surface area contributed by atoms with Crippen LogP contribution in [0.25, 0.3) is 5.65 Å². The Morgan fingerprint density at radius 1 is 1.34 bits per heavy atom. The summed E-state index contributed by atoms with van der Waals surface area (Å²) >= 11 is 0. The number of esters is 1. The number of pyridine rings is 1. The fourth-order valence-corrected chi connectivity index (χ4v) is 2.76. The lowest BCUT2D eigenvalue weighted by Crippen LogP contribution is -2.17. The zero-order valence-electron chi connectivity index (χ0n) is 15.5. The number of non-ortho nitro benzene ring substituents is 1. The maximum atomic E-state index is 12.5. The number of nitro benzene ring substituents is 1. The number of nitrogens with one attached hydrogen (secondary N) is 1. The molecule has 150 valence electrons. The minimum Gasteiger partial charge on any atom is -0.456 e. The summed E-state index contributed by atoms with van der Waals surface area (Å²) in [5.74, 6) is -0.819. The van der Waals surface area contributed by atoms with E-state index in [4.69, 9.17) is 9.84 Å². The average Bonchev–Trinajstić information content (AvgIpc) is 2.71. The van der Waals surface area contributed by atoms with Crippen molar-refractivity contribution in [3.8, 4) is 0 Å². The number of rotatable bonds is 7. The summed E-state index contributed by atoms with van der Waals surface area (Å²) in [6.07, 6.45) is 1.59. The quantitative estimate of drug-likeness (QED) is 0.348. The number of aliphatic hydroxyl groups excluding tert-OH is 1. The molecule has 3 aromatic rings. The summed E-state index contributed by atoms with van der Waals surface area (Å²) in [6, 6.07) is 8.50. The first-order chi connectivity index (χ1) is 13.9. The number of hydrogen-bond acceptors (Lipinski definition) is 8. The van der Waals surface area contributed by atoms with Crippen LogP contribution in [0.5, 0.6) is 0 Å². The standard InChI is InChI=1S/C19H18N4O6/c1-12-3-2-7-22-17(25)9-13(21-18(12)22)11-29-19(26)15-10-14(23(27)28)4-5-16(15)20-6-8-24/h2-5,7,9-10,20,24H,6,8,11H2,1H3. The number of carbonyl (C=O) groups excluding carboxylic acids is 1. The van der Waals surface area contributed by atoms with Crippen molar-refractivity contribution in [2.75, 3.05) is 18.5 Å². The third kappa shape index (κ3) is 4.38. The Kier molecular flexibility index (Phi) is 5.84. The van der Waals surface area contributed by atoms with Crippen LogP contribution in [0.15, 0.2) is 47.4 Å². The van der Waals surface area contributed by atoms with Gasteiger partial charge in [-0.25, -0.2) is 9.78 Å². The van der Waals surface area contributed by atoms with E-state index in [2.05, 4.69) is 10.3 Å². The lowest BCUT2D eigenvalue weighted by molar-refractivity contribution is -0.384. The van der Waals surface area contributed by atoms with Crippen LogP contribution in [0.2, 0.25) is 0 Å². The molecule has 0 fully saturated rings. The van der Waals surface area contributed by atoms with Gasteiger partial charge in [0.1, 0.15) is 12.3 Å². The molecule has 29 heavy (non-hydrogen) atoms. The summed E-state index contributed by atoms with van der Waals surface area (Å²) in [5.41, 5.74) is 1.14. The average molecular weight is 398 g/mol. The number of fused-ring (bicyclic) bond motifs is 1. The van der Waals surface area contributed by atoms with Gasteiger partial charge in [0, 0.05) is 36.6 Å². The first-order valence-electron chi connectivity index (χ1n) is 8.69. The number of benzene rings is 1. The van der Waals surface area contributed by atoms with Gasteiger partial charge in [-0.3, -0.25) is 19.3 Å². The molecule has 0 amide bonds. The van der Waals surface area contributed by atoms with Gasteiger partial charge in [-0.1, -0.05) is 6.07 Å². The van der Waals surface area contributed by atoms with Crippen molar-refractivity contribution in [3.05, 3.63) is 79.9 Å². The number of nitro groups is 1. The maximum Gasteiger partial charge on any atom is 0.340 e. The van der Waals surface area contributed by atoms with E-state index >= 15 is 0 Å². The van der Waals surface area contributed by atoms with E-state index in [9.17, 15) is 19.7 Å². The van der Waals surface area contributed by atoms with Crippen LogP contribution in [0.4, 0.5) is 11.4 Å². The largest absolute Gasteiger partial charge is 0.456 e. The highest BCUT2D eigenvalue weighted by molar-refractivity contribution is 5.96. The van der Waals surface area contributed by atoms with E-state index in [1.807, 2.05) is 0 Å². The molecular weight excluding hydrogens is 380 g/mol. The van der Waals surface area contributed by atoms with Crippen molar-refractivity contribution in [1.29, 1.82) is 0 Å². The molecule has 0 saturated heterocycles. The molecule has 0 unspecified atom stereocenters. The van der Waals surface area contributed by atoms with E-state index in [-0.39, 0.29) is 47.9 Å². The smallest absolute Gasteiger partial charge is 0.340 e. The van der Waals surface area contributed by atoms with E-state index < -0.39 is 10.9 Å². The molecule has 0 spiro atoms. The molecule has 0 bridgehead atoms. The summed E-state index contributed by atoms with van der Waals surface area (Å²) in [5, 5.41) is 22.8. The highest BCUT2D eigenvalue weighted by Crippen LogP contribution is 2.23. The topological polar surface area (TPSA) is 136 Å². The van der Waals surface area contributed by atoms with Crippen molar-refractivity contribution >= 4 is 23.0 Å². The second kappa shape index (κ2) is 8.48. The van der Waals surface area contributed by atoms with Gasteiger partial charge in [0.25, 0.3) is 11.2 Å². The molecule has 0 aliphatic rings. The second-order valence-electron chi connectivity index (χ2n) is 6.18. The maximum absolute atomic E-state index is 12.5. The Morgan fingerprint density at radius 2 is 2.14 bits per heavy atom. The number of anilines is 1. The zero-order chi connectivity index (χ0) is 21.0. The van der Waals surface area contributed by atoms with E-state index in [0.29, 0.717) is 5.65 Å². The predicted molar refractivity (Wildman–Crippen MR) is 104 cm³/mol. The Bertz CT molecular complexity index is 1140. The molecule has 3 rings (SSSR count). The molecule has 1 aromatic carbocycles. The summed E-state index contributed by atoms with van der Waals surface area (Å²) in [7, 11) is 0. The number of nitrogens with zero attached hydrogens (tertiary/aromatic N) is 3. The van der Waals surface area contributed by atoms with Gasteiger partial charge in [0.15, 0.2) is 0 Å². The van der Waals surface area contributed by atoms with Crippen LogP contribution in [-0.2, 0) is 11.3 Å². The summed E-state index contributed by atoms with van der Waals surface area (Å²) in [4.78, 5) is 39.5. The molecule has 0 aliphatic carbocycles. The first-order valence-corrected chi connectivity index (χ1v) is 8.69. The van der Waals surface area contributed by atoms with Gasteiger partial charge >= 0.3 is 5.97 Å². The van der Waals surface area contributed by atoms with Crippen LogP contribution in [0.3, 0.4) is 0 Å². The zero-order valence-corrected chi connectivity index (χ0v) is 15.5. The fraction of sp³-hybridized carbons (Fsp3) is 0.211. The molecular formula is C19H18N4O6. The van der Waals surface area contributed by atoms with Crippen molar-refractivity contribution in [3.63, 3.8) is 0 Å². The van der Waals surface area contributed by atoms with Gasteiger partial charge < -0.3 is 15.2 Å². The van der Waals surface area contributed by atoms with E-state index in [1.54, 1.807) is 25.3 Å². The fourth-order valence-electron chi connectivity index (χ4n) is 2.76. The number of ether oxygens (including phenoxy) is 1. The van der Waals surface area contributed by atoms with Gasteiger partial charge in [0.05, 0.1) is 22.8 Å². The highest BCUT2D eigenvalue weighted by atomic mass is 16.6. The lowest BCUT2D eigenvalue weighted by Gasteiger charge is -2.11. The van der Waals surface area contributed by atoms with Crippen molar-refractivity contribution in [2.45, 2.75) is 13.5 Å². The van der Waals surface area contributed by atoms with Crippen molar-refractivity contribution in [2.24, 2.45) is 0 Å². The molecule has 2 N–H and O–H groups in total.